The van der Waals surface area contributed by atoms with E-state index in [9.17, 15) is 4.79 Å². The van der Waals surface area contributed by atoms with Gasteiger partial charge in [0.05, 0.1) is 0 Å². The predicted molar refractivity (Wildman–Crippen MR) is 73.9 cm³/mol. The van der Waals surface area contributed by atoms with Crippen LogP contribution in [-0.4, -0.2) is 11.9 Å². The second-order valence-electron chi connectivity index (χ2n) is 4.87. The third-order valence-corrected chi connectivity index (χ3v) is 3.94. The monoisotopic (exact) mass is 281 g/mol. The lowest BCUT2D eigenvalue weighted by Gasteiger charge is -2.04. The van der Waals surface area contributed by atoms with Crippen LogP contribution in [-0.2, 0) is 11.2 Å². The molecule has 0 aliphatic heterocycles. The Morgan fingerprint density at radius 1 is 1.28 bits per heavy atom. The van der Waals surface area contributed by atoms with Crippen molar-refractivity contribution in [3.63, 3.8) is 0 Å². The number of nitrogens with one attached hydrogen (secondary N) is 1. The van der Waals surface area contributed by atoms with Crippen molar-refractivity contribution in [1.29, 1.82) is 0 Å². The Labute approximate surface area is 116 Å². The van der Waals surface area contributed by atoms with E-state index in [2.05, 4.69) is 5.32 Å². The molecule has 0 bridgehead atoms. The first-order valence-electron chi connectivity index (χ1n) is 6.13. The molecule has 1 saturated carbocycles. The Balaban J connectivity index is 1.88. The zero-order valence-electron chi connectivity index (χ0n) is 9.80. The first-order valence-corrected chi connectivity index (χ1v) is 6.88. The average Bonchev–Trinajstić information content (AvgIpc) is 3.01. The summed E-state index contributed by atoms with van der Waals surface area (Å²) in [7, 11) is 0. The van der Waals surface area contributed by atoms with Crippen LogP contribution in [0.4, 0.5) is 0 Å². The first kappa shape index (κ1) is 12.1. The number of allylic oxidation sites excluding steroid dienone is 1. The third-order valence-electron chi connectivity index (χ3n) is 3.38. The van der Waals surface area contributed by atoms with E-state index in [1.165, 1.54) is 0 Å². The summed E-state index contributed by atoms with van der Waals surface area (Å²) in [4.78, 5) is 11.8. The second-order valence-corrected chi connectivity index (χ2v) is 5.71. The third kappa shape index (κ3) is 2.40. The highest BCUT2D eigenvalue weighted by Gasteiger charge is 2.24. The lowest BCUT2D eigenvalue weighted by Crippen LogP contribution is -2.23. The van der Waals surface area contributed by atoms with Crippen LogP contribution in [0.3, 0.4) is 0 Å². The van der Waals surface area contributed by atoms with E-state index in [4.69, 9.17) is 23.2 Å². The van der Waals surface area contributed by atoms with Gasteiger partial charge in [-0.2, -0.15) is 0 Å². The summed E-state index contributed by atoms with van der Waals surface area (Å²) in [5.41, 5.74) is 3.16. The number of hydrogen-bond donors (Lipinski definition) is 1. The molecule has 1 N–H and O–H groups in total. The summed E-state index contributed by atoms with van der Waals surface area (Å²) >= 11 is 12.2. The van der Waals surface area contributed by atoms with Crippen LogP contribution in [0.1, 0.15) is 30.4 Å². The summed E-state index contributed by atoms with van der Waals surface area (Å²) in [6.07, 6.45) is 5.63. The molecule has 0 aromatic heterocycles. The lowest BCUT2D eigenvalue weighted by atomic mass is 10.1. The lowest BCUT2D eigenvalue weighted by molar-refractivity contribution is -0.116. The van der Waals surface area contributed by atoms with Gasteiger partial charge in [0, 0.05) is 22.2 Å². The highest BCUT2D eigenvalue weighted by Crippen LogP contribution is 2.38. The minimum Gasteiger partial charge on any atom is -0.350 e. The molecule has 2 nitrogen and oxygen atoms in total. The van der Waals surface area contributed by atoms with Gasteiger partial charge >= 0.3 is 0 Å². The molecule has 0 spiro atoms. The van der Waals surface area contributed by atoms with Crippen molar-refractivity contribution in [3.8, 4) is 0 Å². The van der Waals surface area contributed by atoms with Crippen molar-refractivity contribution < 1.29 is 4.79 Å². The Morgan fingerprint density at radius 3 is 2.78 bits per heavy atom. The Morgan fingerprint density at radius 2 is 2.06 bits per heavy atom. The van der Waals surface area contributed by atoms with Crippen molar-refractivity contribution in [2.45, 2.75) is 31.7 Å². The standard InChI is InChI=1S/C14H13Cl2NO/c15-9-6-12-8(1-4-11(12)13(16)7-9)5-14(18)17-10-2-3-10/h5-7,10H,1-4H2,(H,17,18). The highest BCUT2D eigenvalue weighted by molar-refractivity contribution is 6.35. The summed E-state index contributed by atoms with van der Waals surface area (Å²) in [6, 6.07) is 4.04. The van der Waals surface area contributed by atoms with Gasteiger partial charge in [-0.3, -0.25) is 4.79 Å². The maximum absolute atomic E-state index is 11.8. The molecule has 0 heterocycles. The minimum atomic E-state index is -0.00329. The fraction of sp³-hybridized carbons (Fsp3) is 0.357. The number of carbonyl (C=O) groups is 1. The van der Waals surface area contributed by atoms with Crippen LogP contribution in [0.2, 0.25) is 10.0 Å². The van der Waals surface area contributed by atoms with Crippen molar-refractivity contribution in [2.24, 2.45) is 0 Å². The predicted octanol–water partition coefficient (Wildman–Crippen LogP) is 3.60. The van der Waals surface area contributed by atoms with E-state index >= 15 is 0 Å². The van der Waals surface area contributed by atoms with E-state index in [0.717, 1.165) is 42.4 Å². The van der Waals surface area contributed by atoms with Crippen LogP contribution in [0, 0.1) is 0 Å². The summed E-state index contributed by atoms with van der Waals surface area (Å²) < 4.78 is 0. The van der Waals surface area contributed by atoms with Crippen LogP contribution >= 0.6 is 23.2 Å². The molecular weight excluding hydrogens is 269 g/mol. The zero-order valence-corrected chi connectivity index (χ0v) is 11.3. The Hall–Kier alpha value is -0.990. The molecule has 1 aromatic rings. The molecule has 0 radical (unpaired) electrons. The summed E-state index contributed by atoms with van der Waals surface area (Å²) in [6.45, 7) is 0. The van der Waals surface area contributed by atoms with Crippen LogP contribution < -0.4 is 5.32 Å². The fourth-order valence-electron chi connectivity index (χ4n) is 2.32. The van der Waals surface area contributed by atoms with Gasteiger partial charge in [-0.15, -0.1) is 0 Å². The number of carbonyl (C=O) groups excluding carboxylic acids is 1. The Bertz CT molecular complexity index is 547. The molecule has 1 aromatic carbocycles. The molecule has 3 rings (SSSR count). The quantitative estimate of drug-likeness (QED) is 0.825. The number of rotatable bonds is 2. The first-order chi connectivity index (χ1) is 8.63. The zero-order chi connectivity index (χ0) is 12.7. The molecule has 94 valence electrons. The van der Waals surface area contributed by atoms with Gasteiger partial charge in [-0.1, -0.05) is 23.2 Å². The minimum absolute atomic E-state index is 0.00329. The SMILES string of the molecule is O=C(C=C1CCc2c(Cl)cc(Cl)cc21)NC1CC1. The van der Waals surface area contributed by atoms with Crippen molar-refractivity contribution in [2.75, 3.05) is 0 Å². The van der Waals surface area contributed by atoms with Crippen molar-refractivity contribution >= 4 is 34.7 Å². The highest BCUT2D eigenvalue weighted by atomic mass is 35.5. The van der Waals surface area contributed by atoms with Gasteiger partial charge in [-0.25, -0.2) is 0 Å². The maximum atomic E-state index is 11.8. The molecular formula is C14H13Cl2NO. The van der Waals surface area contributed by atoms with E-state index in [-0.39, 0.29) is 5.91 Å². The second kappa shape index (κ2) is 4.60. The number of benzene rings is 1. The molecule has 2 aliphatic rings. The van der Waals surface area contributed by atoms with Crippen LogP contribution in [0.5, 0.6) is 0 Å². The molecule has 18 heavy (non-hydrogen) atoms. The van der Waals surface area contributed by atoms with Gasteiger partial charge in [0.1, 0.15) is 0 Å². The van der Waals surface area contributed by atoms with Gasteiger partial charge in [-0.05, 0) is 54.5 Å². The molecule has 1 amide bonds. The van der Waals surface area contributed by atoms with Gasteiger partial charge < -0.3 is 5.32 Å². The number of amides is 1. The number of fused-ring (bicyclic) bond motifs is 1. The van der Waals surface area contributed by atoms with Crippen molar-refractivity contribution in [3.05, 3.63) is 39.4 Å². The smallest absolute Gasteiger partial charge is 0.244 e. The molecule has 0 atom stereocenters. The molecule has 4 heteroatoms. The van der Waals surface area contributed by atoms with E-state index in [0.29, 0.717) is 16.1 Å². The largest absolute Gasteiger partial charge is 0.350 e. The molecule has 0 saturated heterocycles. The topological polar surface area (TPSA) is 29.1 Å². The van der Waals surface area contributed by atoms with Gasteiger partial charge in [0.15, 0.2) is 0 Å². The average molecular weight is 282 g/mol. The van der Waals surface area contributed by atoms with E-state index < -0.39 is 0 Å². The summed E-state index contributed by atoms with van der Waals surface area (Å²) in [5, 5.41) is 4.28. The number of hydrogen-bond acceptors (Lipinski definition) is 1. The molecule has 1 fully saturated rings. The number of halogens is 2. The maximum Gasteiger partial charge on any atom is 0.244 e. The van der Waals surface area contributed by atoms with Crippen LogP contribution in [0.15, 0.2) is 18.2 Å². The van der Waals surface area contributed by atoms with Gasteiger partial charge in [0.2, 0.25) is 5.91 Å². The fourth-order valence-corrected chi connectivity index (χ4v) is 2.91. The Kier molecular flexibility index (Phi) is 3.08. The summed E-state index contributed by atoms with van der Waals surface area (Å²) in [5.74, 6) is -0.00329. The van der Waals surface area contributed by atoms with Crippen molar-refractivity contribution in [1.82, 2.24) is 5.32 Å². The van der Waals surface area contributed by atoms with Crippen LogP contribution in [0.25, 0.3) is 5.57 Å². The molecule has 2 aliphatic carbocycles. The van der Waals surface area contributed by atoms with Gasteiger partial charge in [0.25, 0.3) is 0 Å². The van der Waals surface area contributed by atoms with E-state index in [1.54, 1.807) is 12.1 Å². The molecule has 0 unspecified atom stereocenters. The normalized spacial score (nSPS) is 20.0. The van der Waals surface area contributed by atoms with E-state index in [1.807, 2.05) is 6.07 Å².